The van der Waals surface area contributed by atoms with Gasteiger partial charge in [0, 0.05) is 6.08 Å². The summed E-state index contributed by atoms with van der Waals surface area (Å²) in [4.78, 5) is 0. The molecule has 0 aliphatic carbocycles. The molecule has 0 N–H and O–H groups in total. The van der Waals surface area contributed by atoms with Gasteiger partial charge in [0.25, 0.3) is 0 Å². The highest BCUT2D eigenvalue weighted by atomic mass is 16.5. The predicted octanol–water partition coefficient (Wildman–Crippen LogP) is 2.06. The normalized spacial score (nSPS) is 13.6. The van der Waals surface area contributed by atoms with E-state index in [0.29, 0.717) is 5.76 Å². The van der Waals surface area contributed by atoms with Gasteiger partial charge in [0.2, 0.25) is 0 Å². The van der Waals surface area contributed by atoms with E-state index >= 15 is 0 Å². The minimum absolute atomic E-state index is 0.678. The Morgan fingerprint density at radius 3 is 1.83 bits per heavy atom. The Labute approximate surface area is 73.6 Å². The fraction of sp³-hybridized carbons (Fsp3) is 0.556. The third-order valence-electron chi connectivity index (χ3n) is 1.53. The molecule has 0 aliphatic heterocycles. The number of rotatable bonds is 4. The summed E-state index contributed by atoms with van der Waals surface area (Å²) in [6.45, 7) is 3.68. The van der Waals surface area contributed by atoms with Crippen molar-refractivity contribution in [2.75, 3.05) is 21.3 Å². The molecule has 0 spiro atoms. The van der Waals surface area contributed by atoms with Crippen molar-refractivity contribution in [1.82, 2.24) is 0 Å². The van der Waals surface area contributed by atoms with Crippen LogP contribution in [0.1, 0.15) is 13.8 Å². The number of hydrogen-bond acceptors (Lipinski definition) is 3. The summed E-state index contributed by atoms with van der Waals surface area (Å²) in [6.07, 6.45) is 1.78. The van der Waals surface area contributed by atoms with E-state index in [1.807, 2.05) is 13.8 Å². The van der Waals surface area contributed by atoms with Crippen LogP contribution in [-0.2, 0) is 14.2 Å². The van der Waals surface area contributed by atoms with E-state index in [0.717, 1.165) is 11.5 Å². The molecule has 0 atom stereocenters. The number of allylic oxidation sites excluding steroid dienone is 3. The minimum Gasteiger partial charge on any atom is -0.501 e. The second-order valence-corrected chi connectivity index (χ2v) is 2.29. The second kappa shape index (κ2) is 5.52. The quantitative estimate of drug-likeness (QED) is 0.480. The van der Waals surface area contributed by atoms with Gasteiger partial charge in [0.1, 0.15) is 5.76 Å². The van der Waals surface area contributed by atoms with Crippen LogP contribution >= 0.6 is 0 Å². The highest BCUT2D eigenvalue weighted by Gasteiger charge is 1.99. The molecule has 0 aromatic heterocycles. The third-order valence-corrected chi connectivity index (χ3v) is 1.53. The first-order chi connectivity index (χ1) is 5.65. The average molecular weight is 172 g/mol. The first-order valence-electron chi connectivity index (χ1n) is 3.66. The van der Waals surface area contributed by atoms with Crippen LogP contribution in [-0.4, -0.2) is 21.3 Å². The van der Waals surface area contributed by atoms with Crippen molar-refractivity contribution in [3.8, 4) is 0 Å². The molecule has 0 radical (unpaired) electrons. The molecule has 12 heavy (non-hydrogen) atoms. The lowest BCUT2D eigenvalue weighted by Crippen LogP contribution is -1.92. The van der Waals surface area contributed by atoms with Gasteiger partial charge in [-0.05, 0) is 13.8 Å². The molecule has 0 saturated carbocycles. The van der Waals surface area contributed by atoms with Gasteiger partial charge >= 0.3 is 0 Å². The monoisotopic (exact) mass is 172 g/mol. The van der Waals surface area contributed by atoms with Gasteiger partial charge in [-0.25, -0.2) is 0 Å². The third kappa shape index (κ3) is 3.32. The van der Waals surface area contributed by atoms with Gasteiger partial charge in [-0.1, -0.05) is 0 Å². The summed E-state index contributed by atoms with van der Waals surface area (Å²) in [5.41, 5.74) is 0. The Hall–Kier alpha value is -1.12. The zero-order chi connectivity index (χ0) is 9.56. The van der Waals surface area contributed by atoms with Crippen molar-refractivity contribution >= 4 is 0 Å². The molecule has 3 heteroatoms. The first kappa shape index (κ1) is 10.9. The highest BCUT2D eigenvalue weighted by Crippen LogP contribution is 2.09. The van der Waals surface area contributed by atoms with Crippen molar-refractivity contribution in [2.45, 2.75) is 13.8 Å². The molecule has 0 aromatic rings. The van der Waals surface area contributed by atoms with Gasteiger partial charge in [-0.15, -0.1) is 0 Å². The van der Waals surface area contributed by atoms with Crippen LogP contribution in [0.15, 0.2) is 23.4 Å². The van der Waals surface area contributed by atoms with E-state index in [4.69, 9.17) is 14.2 Å². The van der Waals surface area contributed by atoms with E-state index in [2.05, 4.69) is 0 Å². The number of methoxy groups -OCH3 is 3. The molecular weight excluding hydrogens is 156 g/mol. The maximum Gasteiger partial charge on any atom is 0.159 e. The summed E-state index contributed by atoms with van der Waals surface area (Å²) in [6, 6.07) is 0. The lowest BCUT2D eigenvalue weighted by atomic mass is 10.3. The minimum atomic E-state index is 0.678. The highest BCUT2D eigenvalue weighted by molar-refractivity contribution is 5.16. The van der Waals surface area contributed by atoms with E-state index in [-0.39, 0.29) is 0 Å². The summed E-state index contributed by atoms with van der Waals surface area (Å²) in [5, 5.41) is 0. The number of hydrogen-bond donors (Lipinski definition) is 0. The molecule has 0 bridgehead atoms. The second-order valence-electron chi connectivity index (χ2n) is 2.29. The van der Waals surface area contributed by atoms with Gasteiger partial charge in [0.05, 0.1) is 27.1 Å². The summed E-state index contributed by atoms with van der Waals surface area (Å²) >= 11 is 0. The lowest BCUT2D eigenvalue weighted by Gasteiger charge is -2.06. The summed E-state index contributed by atoms with van der Waals surface area (Å²) in [5.74, 6) is 2.19. The standard InChI is InChI=1S/C9H16O3/c1-7(10-3)6-9(12-5)8(2)11-4/h6H,1-5H3/b7-6+,9-8-. The predicted molar refractivity (Wildman–Crippen MR) is 47.5 cm³/mol. The SMILES string of the molecule is CO/C(C)=C(/C=C(\C)OC)OC. The fourth-order valence-electron chi connectivity index (χ4n) is 0.648. The van der Waals surface area contributed by atoms with Crippen molar-refractivity contribution in [1.29, 1.82) is 0 Å². The van der Waals surface area contributed by atoms with Crippen molar-refractivity contribution in [2.24, 2.45) is 0 Å². The largest absolute Gasteiger partial charge is 0.501 e. The Kier molecular flexibility index (Phi) is 5.00. The van der Waals surface area contributed by atoms with Crippen LogP contribution in [0.25, 0.3) is 0 Å². The van der Waals surface area contributed by atoms with Crippen molar-refractivity contribution in [3.05, 3.63) is 23.4 Å². The van der Waals surface area contributed by atoms with Crippen molar-refractivity contribution < 1.29 is 14.2 Å². The Balaban J connectivity index is 4.57. The van der Waals surface area contributed by atoms with E-state index in [9.17, 15) is 0 Å². The summed E-state index contributed by atoms with van der Waals surface area (Å²) < 4.78 is 15.0. The molecule has 70 valence electrons. The van der Waals surface area contributed by atoms with Gasteiger partial charge in [0.15, 0.2) is 5.76 Å². The topological polar surface area (TPSA) is 27.7 Å². The molecule has 0 unspecified atom stereocenters. The van der Waals surface area contributed by atoms with Gasteiger partial charge < -0.3 is 14.2 Å². The first-order valence-corrected chi connectivity index (χ1v) is 3.66. The maximum atomic E-state index is 5.07. The Morgan fingerprint density at radius 2 is 1.50 bits per heavy atom. The van der Waals surface area contributed by atoms with E-state index in [1.54, 1.807) is 27.4 Å². The molecule has 0 saturated heterocycles. The van der Waals surface area contributed by atoms with E-state index in [1.165, 1.54) is 0 Å². The molecular formula is C9H16O3. The van der Waals surface area contributed by atoms with Crippen molar-refractivity contribution in [3.63, 3.8) is 0 Å². The van der Waals surface area contributed by atoms with Gasteiger partial charge in [-0.2, -0.15) is 0 Å². The van der Waals surface area contributed by atoms with E-state index < -0.39 is 0 Å². The Morgan fingerprint density at radius 1 is 0.917 bits per heavy atom. The molecule has 0 aliphatic rings. The maximum absolute atomic E-state index is 5.07. The zero-order valence-corrected chi connectivity index (χ0v) is 8.30. The Bertz CT molecular complexity index is 192. The molecule has 0 fully saturated rings. The molecule has 0 rings (SSSR count). The molecule has 0 heterocycles. The lowest BCUT2D eigenvalue weighted by molar-refractivity contribution is 0.227. The van der Waals surface area contributed by atoms with Crippen LogP contribution < -0.4 is 0 Å². The molecule has 0 amide bonds. The fourth-order valence-corrected chi connectivity index (χ4v) is 0.648. The van der Waals surface area contributed by atoms with Crippen LogP contribution in [0.5, 0.6) is 0 Å². The number of ether oxygens (including phenoxy) is 3. The molecule has 3 nitrogen and oxygen atoms in total. The van der Waals surface area contributed by atoms with Crippen LogP contribution in [0.2, 0.25) is 0 Å². The molecule has 0 aromatic carbocycles. The van der Waals surface area contributed by atoms with Gasteiger partial charge in [-0.3, -0.25) is 0 Å². The smallest absolute Gasteiger partial charge is 0.159 e. The van der Waals surface area contributed by atoms with Crippen LogP contribution in [0.3, 0.4) is 0 Å². The van der Waals surface area contributed by atoms with Crippen LogP contribution in [0, 0.1) is 0 Å². The average Bonchev–Trinajstić information content (AvgIpc) is 2.12. The summed E-state index contributed by atoms with van der Waals surface area (Å²) in [7, 11) is 4.81. The van der Waals surface area contributed by atoms with Crippen LogP contribution in [0.4, 0.5) is 0 Å². The zero-order valence-electron chi connectivity index (χ0n) is 8.30.